The van der Waals surface area contributed by atoms with Crippen molar-refractivity contribution < 1.29 is 14.6 Å². The summed E-state index contributed by atoms with van der Waals surface area (Å²) in [6.07, 6.45) is 0. The summed E-state index contributed by atoms with van der Waals surface area (Å²) < 4.78 is 4.88. The Bertz CT molecular complexity index is 438. The molecule has 0 bridgehead atoms. The molecule has 0 fully saturated rings. The van der Waals surface area contributed by atoms with Crippen LogP contribution in [-0.4, -0.2) is 30.8 Å². The number of benzene rings is 1. The molecule has 0 spiro atoms. The van der Waals surface area contributed by atoms with Crippen LogP contribution in [0.5, 0.6) is 0 Å². The lowest BCUT2D eigenvalue weighted by molar-refractivity contribution is -0.142. The quantitative estimate of drug-likeness (QED) is 0.726. The van der Waals surface area contributed by atoms with Crippen LogP contribution >= 0.6 is 0 Å². The van der Waals surface area contributed by atoms with Crippen LogP contribution in [0.3, 0.4) is 0 Å². The second-order valence-corrected chi connectivity index (χ2v) is 3.53. The van der Waals surface area contributed by atoms with Crippen LogP contribution in [0.25, 0.3) is 0 Å². The molecule has 17 heavy (non-hydrogen) atoms. The zero-order valence-corrected chi connectivity index (χ0v) is 9.56. The standard InChI is InChI=1S/C12H14N2O3/c1-9-2-3-10(7-13)11(6-9)14-4-5-17-8-12(15)16/h2-3,6,14H,4-5,8H2,1H3,(H,15,16). The lowest BCUT2D eigenvalue weighted by Crippen LogP contribution is -2.14. The summed E-state index contributed by atoms with van der Waals surface area (Å²) in [5, 5.41) is 20.3. The highest BCUT2D eigenvalue weighted by Crippen LogP contribution is 2.15. The van der Waals surface area contributed by atoms with Crippen molar-refractivity contribution in [1.29, 1.82) is 5.26 Å². The predicted octanol–water partition coefficient (Wildman–Crippen LogP) is 1.38. The second-order valence-electron chi connectivity index (χ2n) is 3.53. The number of nitriles is 1. The van der Waals surface area contributed by atoms with E-state index in [1.165, 1.54) is 0 Å². The number of rotatable bonds is 6. The van der Waals surface area contributed by atoms with Gasteiger partial charge in [0, 0.05) is 6.54 Å². The summed E-state index contributed by atoms with van der Waals surface area (Å²) in [5.74, 6) is -0.988. The topological polar surface area (TPSA) is 82.3 Å². The number of aliphatic carboxylic acids is 1. The number of hydrogen-bond donors (Lipinski definition) is 2. The molecule has 1 rings (SSSR count). The minimum atomic E-state index is -0.988. The van der Waals surface area contributed by atoms with Gasteiger partial charge in [0.15, 0.2) is 0 Å². The van der Waals surface area contributed by atoms with E-state index < -0.39 is 5.97 Å². The predicted molar refractivity (Wildman–Crippen MR) is 62.8 cm³/mol. The number of nitrogens with one attached hydrogen (secondary N) is 1. The molecule has 0 heterocycles. The van der Waals surface area contributed by atoms with Crippen molar-refractivity contribution in [2.75, 3.05) is 25.1 Å². The Morgan fingerprint density at radius 2 is 2.35 bits per heavy atom. The van der Waals surface area contributed by atoms with Gasteiger partial charge >= 0.3 is 5.97 Å². The van der Waals surface area contributed by atoms with Crippen molar-refractivity contribution in [1.82, 2.24) is 0 Å². The van der Waals surface area contributed by atoms with Crippen LogP contribution < -0.4 is 5.32 Å². The van der Waals surface area contributed by atoms with Gasteiger partial charge in [-0.25, -0.2) is 4.79 Å². The molecular weight excluding hydrogens is 220 g/mol. The van der Waals surface area contributed by atoms with Gasteiger partial charge in [0.2, 0.25) is 0 Å². The van der Waals surface area contributed by atoms with E-state index in [4.69, 9.17) is 15.1 Å². The van der Waals surface area contributed by atoms with E-state index in [-0.39, 0.29) is 13.2 Å². The van der Waals surface area contributed by atoms with Gasteiger partial charge in [0.05, 0.1) is 17.9 Å². The van der Waals surface area contributed by atoms with E-state index in [1.54, 1.807) is 6.07 Å². The number of nitrogens with zero attached hydrogens (tertiary/aromatic N) is 1. The highest BCUT2D eigenvalue weighted by Gasteiger charge is 2.01. The summed E-state index contributed by atoms with van der Waals surface area (Å²) in [6, 6.07) is 7.57. The first-order chi connectivity index (χ1) is 8.13. The first-order valence-corrected chi connectivity index (χ1v) is 5.17. The molecule has 0 saturated heterocycles. The van der Waals surface area contributed by atoms with E-state index in [0.29, 0.717) is 12.1 Å². The Morgan fingerprint density at radius 1 is 1.59 bits per heavy atom. The average Bonchev–Trinajstić information content (AvgIpc) is 2.28. The lowest BCUT2D eigenvalue weighted by atomic mass is 10.1. The lowest BCUT2D eigenvalue weighted by Gasteiger charge is -2.08. The van der Waals surface area contributed by atoms with Gasteiger partial charge in [0.1, 0.15) is 12.7 Å². The third-order valence-corrected chi connectivity index (χ3v) is 2.08. The number of aryl methyl sites for hydroxylation is 1. The van der Waals surface area contributed by atoms with Gasteiger partial charge in [-0.3, -0.25) is 0 Å². The van der Waals surface area contributed by atoms with E-state index in [9.17, 15) is 4.79 Å². The Hall–Kier alpha value is -2.06. The first-order valence-electron chi connectivity index (χ1n) is 5.17. The second kappa shape index (κ2) is 6.51. The fraction of sp³-hybridized carbons (Fsp3) is 0.333. The number of carbonyl (C=O) groups is 1. The molecular formula is C12H14N2O3. The van der Waals surface area contributed by atoms with Crippen molar-refractivity contribution in [2.24, 2.45) is 0 Å². The Labute approximate surface area is 99.6 Å². The zero-order chi connectivity index (χ0) is 12.7. The molecule has 2 N–H and O–H groups in total. The number of carboxylic acids is 1. The van der Waals surface area contributed by atoms with E-state index in [1.807, 2.05) is 19.1 Å². The van der Waals surface area contributed by atoms with E-state index >= 15 is 0 Å². The van der Waals surface area contributed by atoms with Crippen LogP contribution in [0, 0.1) is 18.3 Å². The van der Waals surface area contributed by atoms with Gasteiger partial charge in [0.25, 0.3) is 0 Å². The summed E-state index contributed by atoms with van der Waals surface area (Å²) in [6.45, 7) is 2.38. The van der Waals surface area contributed by atoms with Crippen LogP contribution in [0.15, 0.2) is 18.2 Å². The highest BCUT2D eigenvalue weighted by molar-refractivity contribution is 5.68. The Balaban J connectivity index is 2.43. The molecule has 0 radical (unpaired) electrons. The molecule has 0 aliphatic heterocycles. The molecule has 0 amide bonds. The van der Waals surface area contributed by atoms with Gasteiger partial charge in [-0.1, -0.05) is 6.07 Å². The fourth-order valence-electron chi connectivity index (χ4n) is 1.32. The van der Waals surface area contributed by atoms with Crippen LogP contribution in [-0.2, 0) is 9.53 Å². The summed E-state index contributed by atoms with van der Waals surface area (Å²) in [5.41, 5.74) is 2.36. The zero-order valence-electron chi connectivity index (χ0n) is 9.56. The SMILES string of the molecule is Cc1ccc(C#N)c(NCCOCC(=O)O)c1. The number of carboxylic acid groups (broad SMARTS) is 1. The van der Waals surface area contributed by atoms with Crippen LogP contribution in [0.2, 0.25) is 0 Å². The maximum atomic E-state index is 10.2. The number of ether oxygens (including phenoxy) is 1. The summed E-state index contributed by atoms with van der Waals surface area (Å²) in [4.78, 5) is 10.2. The average molecular weight is 234 g/mol. The van der Waals surface area contributed by atoms with Crippen molar-refractivity contribution in [3.63, 3.8) is 0 Å². The smallest absolute Gasteiger partial charge is 0.329 e. The molecule has 0 unspecified atom stereocenters. The third-order valence-electron chi connectivity index (χ3n) is 2.08. The maximum absolute atomic E-state index is 10.2. The first kappa shape index (κ1) is 13.0. The van der Waals surface area contributed by atoms with E-state index in [0.717, 1.165) is 11.3 Å². The molecule has 90 valence electrons. The molecule has 1 aromatic carbocycles. The molecule has 0 aromatic heterocycles. The third kappa shape index (κ3) is 4.53. The van der Waals surface area contributed by atoms with Crippen LogP contribution in [0.4, 0.5) is 5.69 Å². The molecule has 0 saturated carbocycles. The highest BCUT2D eigenvalue weighted by atomic mass is 16.5. The monoisotopic (exact) mass is 234 g/mol. The van der Waals surface area contributed by atoms with Gasteiger partial charge in [-0.2, -0.15) is 5.26 Å². The Morgan fingerprint density at radius 3 is 3.00 bits per heavy atom. The Kier molecular flexibility index (Phi) is 4.98. The van der Waals surface area contributed by atoms with Gasteiger partial charge in [-0.05, 0) is 24.6 Å². The molecule has 5 heteroatoms. The van der Waals surface area contributed by atoms with Crippen molar-refractivity contribution in [3.8, 4) is 6.07 Å². The van der Waals surface area contributed by atoms with Crippen LogP contribution in [0.1, 0.15) is 11.1 Å². The normalized spacial score (nSPS) is 9.65. The molecule has 0 aliphatic rings. The largest absolute Gasteiger partial charge is 0.480 e. The van der Waals surface area contributed by atoms with E-state index in [2.05, 4.69) is 11.4 Å². The van der Waals surface area contributed by atoms with Crippen molar-refractivity contribution >= 4 is 11.7 Å². The molecule has 0 atom stereocenters. The van der Waals surface area contributed by atoms with Crippen molar-refractivity contribution in [2.45, 2.75) is 6.92 Å². The fourth-order valence-corrected chi connectivity index (χ4v) is 1.32. The summed E-state index contributed by atoms with van der Waals surface area (Å²) in [7, 11) is 0. The molecule has 5 nitrogen and oxygen atoms in total. The number of anilines is 1. The maximum Gasteiger partial charge on any atom is 0.329 e. The van der Waals surface area contributed by atoms with Gasteiger partial charge in [-0.15, -0.1) is 0 Å². The van der Waals surface area contributed by atoms with Gasteiger partial charge < -0.3 is 15.2 Å². The minimum absolute atomic E-state index is 0.283. The number of hydrogen-bond acceptors (Lipinski definition) is 4. The summed E-state index contributed by atoms with van der Waals surface area (Å²) >= 11 is 0. The molecule has 1 aromatic rings. The minimum Gasteiger partial charge on any atom is -0.480 e. The molecule has 0 aliphatic carbocycles. The van der Waals surface area contributed by atoms with Crippen molar-refractivity contribution in [3.05, 3.63) is 29.3 Å².